The number of hydrogen-bond donors (Lipinski definition) is 0. The number of aromatic nitrogens is 2. The van der Waals surface area contributed by atoms with E-state index >= 15 is 0 Å². The topological polar surface area (TPSA) is 90.8 Å². The van der Waals surface area contributed by atoms with Crippen molar-refractivity contribution in [3.05, 3.63) is 54.3 Å². The molecule has 2 aliphatic heterocycles. The summed E-state index contributed by atoms with van der Waals surface area (Å²) in [6, 6.07) is 7.40. The number of nitrogens with zero attached hydrogens (tertiary/aromatic N) is 3. The van der Waals surface area contributed by atoms with Crippen LogP contribution < -0.4 is 9.47 Å². The average molecular weight is 393 g/mol. The first-order valence-corrected chi connectivity index (χ1v) is 9.49. The minimum Gasteiger partial charge on any atom is -0.472 e. The third kappa shape index (κ3) is 3.61. The highest BCUT2D eigenvalue weighted by Gasteiger charge is 2.27. The van der Waals surface area contributed by atoms with Crippen molar-refractivity contribution in [3.8, 4) is 23.0 Å². The molecule has 0 radical (unpaired) electrons. The Morgan fingerprint density at radius 1 is 1.10 bits per heavy atom. The first-order valence-electron chi connectivity index (χ1n) is 9.49. The molecule has 0 saturated carbocycles. The van der Waals surface area contributed by atoms with E-state index < -0.39 is 0 Å². The number of ether oxygens (including phenoxy) is 2. The van der Waals surface area contributed by atoms with E-state index in [0.29, 0.717) is 30.6 Å². The van der Waals surface area contributed by atoms with Gasteiger partial charge in [0.15, 0.2) is 11.5 Å². The zero-order valence-electron chi connectivity index (χ0n) is 15.6. The molecule has 0 bridgehead atoms. The smallest absolute Gasteiger partial charge is 0.250 e. The Morgan fingerprint density at radius 3 is 2.79 bits per heavy atom. The van der Waals surface area contributed by atoms with E-state index in [4.69, 9.17) is 18.3 Å². The second kappa shape index (κ2) is 7.46. The molecule has 0 N–H and O–H groups in total. The van der Waals surface area contributed by atoms with Gasteiger partial charge >= 0.3 is 0 Å². The van der Waals surface area contributed by atoms with Crippen LogP contribution >= 0.6 is 0 Å². The highest BCUT2D eigenvalue weighted by atomic mass is 16.7. The third-order valence-corrected chi connectivity index (χ3v) is 5.18. The summed E-state index contributed by atoms with van der Waals surface area (Å²) in [7, 11) is 0. The van der Waals surface area contributed by atoms with E-state index in [-0.39, 0.29) is 18.6 Å². The SMILES string of the molecule is O=C(C=Cc1ccc2c(c1)OCO2)N1CCC(c2nnc(-c3ccoc3)o2)CC1. The lowest BCUT2D eigenvalue weighted by atomic mass is 9.97. The Balaban J connectivity index is 1.18. The minimum atomic E-state index is -0.00858. The van der Waals surface area contributed by atoms with Gasteiger partial charge in [0.2, 0.25) is 18.6 Å². The minimum absolute atomic E-state index is 0.00858. The van der Waals surface area contributed by atoms with Gasteiger partial charge in [0.1, 0.15) is 6.26 Å². The summed E-state index contributed by atoms with van der Waals surface area (Å²) in [6.45, 7) is 1.54. The Kier molecular flexibility index (Phi) is 4.51. The molecule has 2 aliphatic rings. The molecule has 148 valence electrons. The van der Waals surface area contributed by atoms with E-state index in [1.165, 1.54) is 0 Å². The number of likely N-dealkylation sites (tertiary alicyclic amines) is 1. The monoisotopic (exact) mass is 393 g/mol. The molecule has 1 saturated heterocycles. The maximum absolute atomic E-state index is 12.5. The van der Waals surface area contributed by atoms with Gasteiger partial charge in [0, 0.05) is 25.1 Å². The van der Waals surface area contributed by atoms with Gasteiger partial charge in [-0.2, -0.15) is 0 Å². The predicted molar refractivity (Wildman–Crippen MR) is 102 cm³/mol. The van der Waals surface area contributed by atoms with Crippen LogP contribution in [0.2, 0.25) is 0 Å². The quantitative estimate of drug-likeness (QED) is 0.627. The van der Waals surface area contributed by atoms with Gasteiger partial charge in [-0.3, -0.25) is 4.79 Å². The molecule has 1 aromatic carbocycles. The van der Waals surface area contributed by atoms with Gasteiger partial charge in [-0.1, -0.05) is 6.07 Å². The van der Waals surface area contributed by atoms with Crippen LogP contribution in [0, 0.1) is 0 Å². The van der Waals surface area contributed by atoms with Crippen molar-refractivity contribution in [2.45, 2.75) is 18.8 Å². The molecule has 0 aliphatic carbocycles. The van der Waals surface area contributed by atoms with Crippen LogP contribution in [-0.4, -0.2) is 40.9 Å². The van der Waals surface area contributed by atoms with Crippen LogP contribution in [0.15, 0.2) is 51.7 Å². The van der Waals surface area contributed by atoms with E-state index in [1.54, 1.807) is 30.7 Å². The number of fused-ring (bicyclic) bond motifs is 1. The van der Waals surface area contributed by atoms with Crippen LogP contribution in [0.4, 0.5) is 0 Å². The molecule has 3 aromatic rings. The summed E-state index contributed by atoms with van der Waals surface area (Å²) in [5.74, 6) is 2.65. The van der Waals surface area contributed by atoms with E-state index in [1.807, 2.05) is 23.1 Å². The molecule has 1 amide bonds. The zero-order chi connectivity index (χ0) is 19.6. The lowest BCUT2D eigenvalue weighted by Gasteiger charge is -2.29. The predicted octanol–water partition coefficient (Wildman–Crippen LogP) is 3.48. The zero-order valence-corrected chi connectivity index (χ0v) is 15.6. The molecular formula is C21H19N3O5. The maximum atomic E-state index is 12.5. The third-order valence-electron chi connectivity index (χ3n) is 5.18. The average Bonchev–Trinajstić information content (AvgIpc) is 3.52. The molecule has 29 heavy (non-hydrogen) atoms. The van der Waals surface area contributed by atoms with Crippen molar-refractivity contribution >= 4 is 12.0 Å². The fraction of sp³-hybridized carbons (Fsp3) is 0.286. The molecule has 0 unspecified atom stereocenters. The van der Waals surface area contributed by atoms with Crippen LogP contribution in [0.3, 0.4) is 0 Å². The molecular weight excluding hydrogens is 374 g/mol. The first kappa shape index (κ1) is 17.5. The number of carbonyl (C=O) groups is 1. The highest BCUT2D eigenvalue weighted by molar-refractivity contribution is 5.92. The van der Waals surface area contributed by atoms with Crippen molar-refractivity contribution in [3.63, 3.8) is 0 Å². The number of furan rings is 1. The summed E-state index contributed by atoms with van der Waals surface area (Å²) in [5, 5.41) is 8.26. The fourth-order valence-electron chi connectivity index (χ4n) is 3.54. The Morgan fingerprint density at radius 2 is 1.97 bits per heavy atom. The van der Waals surface area contributed by atoms with Crippen LogP contribution in [0.25, 0.3) is 17.5 Å². The van der Waals surface area contributed by atoms with Crippen molar-refractivity contribution in [1.82, 2.24) is 15.1 Å². The van der Waals surface area contributed by atoms with Gasteiger partial charge in [0.05, 0.1) is 11.8 Å². The van der Waals surface area contributed by atoms with Gasteiger partial charge in [-0.25, -0.2) is 0 Å². The molecule has 0 spiro atoms. The number of amides is 1. The van der Waals surface area contributed by atoms with Crippen molar-refractivity contribution in [2.75, 3.05) is 19.9 Å². The van der Waals surface area contributed by atoms with Crippen LogP contribution in [0.5, 0.6) is 11.5 Å². The van der Waals surface area contributed by atoms with Crippen LogP contribution in [-0.2, 0) is 4.79 Å². The normalized spacial score (nSPS) is 16.6. The molecule has 8 nitrogen and oxygen atoms in total. The Labute approximate surface area is 166 Å². The van der Waals surface area contributed by atoms with E-state index in [2.05, 4.69) is 10.2 Å². The maximum Gasteiger partial charge on any atom is 0.250 e. The molecule has 5 rings (SSSR count). The van der Waals surface area contributed by atoms with Gasteiger partial charge in [-0.05, 0) is 42.7 Å². The Hall–Kier alpha value is -3.55. The summed E-state index contributed by atoms with van der Waals surface area (Å²) in [4.78, 5) is 14.4. The van der Waals surface area contributed by atoms with Crippen molar-refractivity contribution < 1.29 is 23.1 Å². The first-order chi connectivity index (χ1) is 14.3. The summed E-state index contributed by atoms with van der Waals surface area (Å²) in [6.07, 6.45) is 8.12. The van der Waals surface area contributed by atoms with Gasteiger partial charge in [-0.15, -0.1) is 10.2 Å². The van der Waals surface area contributed by atoms with Gasteiger partial charge < -0.3 is 23.2 Å². The second-order valence-corrected chi connectivity index (χ2v) is 7.00. The van der Waals surface area contributed by atoms with Crippen LogP contribution in [0.1, 0.15) is 30.2 Å². The van der Waals surface area contributed by atoms with E-state index in [0.717, 1.165) is 29.7 Å². The highest BCUT2D eigenvalue weighted by Crippen LogP contribution is 2.33. The number of rotatable bonds is 4. The van der Waals surface area contributed by atoms with E-state index in [9.17, 15) is 4.79 Å². The lowest BCUT2D eigenvalue weighted by molar-refractivity contribution is -0.127. The standard InChI is InChI=1S/C21H19N3O5/c25-19(4-2-14-1-3-17-18(11-14)28-13-27-17)24-8-5-15(6-9-24)20-22-23-21(29-20)16-7-10-26-12-16/h1-4,7,10-12,15H,5-6,8-9,13H2. The lowest BCUT2D eigenvalue weighted by Crippen LogP contribution is -2.36. The summed E-state index contributed by atoms with van der Waals surface area (Å²) < 4.78 is 21.5. The fourth-order valence-corrected chi connectivity index (χ4v) is 3.54. The summed E-state index contributed by atoms with van der Waals surface area (Å²) >= 11 is 0. The molecule has 8 heteroatoms. The van der Waals surface area contributed by atoms with Gasteiger partial charge in [0.25, 0.3) is 5.89 Å². The Bertz CT molecular complexity index is 1030. The number of carbonyl (C=O) groups excluding carboxylic acids is 1. The van der Waals surface area contributed by atoms with Crippen molar-refractivity contribution in [2.24, 2.45) is 0 Å². The van der Waals surface area contributed by atoms with Crippen molar-refractivity contribution in [1.29, 1.82) is 0 Å². The number of piperidine rings is 1. The number of benzene rings is 1. The molecule has 0 atom stereocenters. The number of hydrogen-bond acceptors (Lipinski definition) is 7. The largest absolute Gasteiger partial charge is 0.472 e. The molecule has 2 aromatic heterocycles. The molecule has 1 fully saturated rings. The second-order valence-electron chi connectivity index (χ2n) is 7.00. The molecule has 4 heterocycles. The summed E-state index contributed by atoms with van der Waals surface area (Å²) in [5.41, 5.74) is 1.67.